The lowest BCUT2D eigenvalue weighted by Gasteiger charge is -2.21. The summed E-state index contributed by atoms with van der Waals surface area (Å²) in [6.45, 7) is 0. The Morgan fingerprint density at radius 1 is 0.848 bits per heavy atom. The zero-order valence-corrected chi connectivity index (χ0v) is 25.5. The number of carbonyl (C=O) groups is 1. The average molecular weight is 882 g/mol. The first-order valence-corrected chi connectivity index (χ1v) is 13.6. The quantitative estimate of drug-likeness (QED) is 0.0909. The molecule has 0 atom stereocenters. The van der Waals surface area contributed by atoms with Gasteiger partial charge in [-0.1, -0.05) is 58.0 Å². The molecule has 0 amide bonds. The van der Waals surface area contributed by atoms with Crippen molar-refractivity contribution < 1.29 is 19.4 Å². The van der Waals surface area contributed by atoms with Gasteiger partial charge in [0.05, 0.1) is 36.4 Å². The maximum absolute atomic E-state index is 12.5. The first-order chi connectivity index (χ1) is 15.4. The van der Waals surface area contributed by atoms with Gasteiger partial charge in [0.15, 0.2) is 11.3 Å². The highest BCUT2D eigenvalue weighted by Crippen LogP contribution is 2.52. The molecule has 0 fully saturated rings. The van der Waals surface area contributed by atoms with Crippen molar-refractivity contribution in [2.24, 2.45) is 0 Å². The minimum Gasteiger partial charge on any atom is -0.506 e. The fourth-order valence-corrected chi connectivity index (χ4v) is 7.13. The van der Waals surface area contributed by atoms with Crippen LogP contribution in [0.2, 0.25) is 25.1 Å². The van der Waals surface area contributed by atoms with E-state index < -0.39 is 11.4 Å². The highest BCUT2D eigenvalue weighted by Gasteiger charge is 2.32. The van der Waals surface area contributed by atoms with Gasteiger partial charge in [0.1, 0.15) is 10.8 Å². The second-order valence-corrected chi connectivity index (χ2v) is 11.9. The SMILES string of the molecule is O=C(O)c1c(Cl)c(Cl)c(Cl)c(Cl)c1-c1c2cc(I)c(=O)c(Cl)c-2oc2c(I)c(O)c(I)cc12. The fourth-order valence-electron chi connectivity index (χ4n) is 3.33. The van der Waals surface area contributed by atoms with Crippen LogP contribution in [0.25, 0.3) is 33.4 Å². The molecule has 1 aliphatic carbocycles. The molecule has 33 heavy (non-hydrogen) atoms. The zero-order valence-electron chi connectivity index (χ0n) is 15.3. The summed E-state index contributed by atoms with van der Waals surface area (Å²) >= 11 is 37.3. The lowest BCUT2D eigenvalue weighted by Crippen LogP contribution is -2.10. The van der Waals surface area contributed by atoms with Crippen LogP contribution < -0.4 is 5.43 Å². The van der Waals surface area contributed by atoms with Crippen LogP contribution >= 0.6 is 126 Å². The predicted octanol–water partition coefficient (Wildman–Crippen LogP) is 9.05. The van der Waals surface area contributed by atoms with Crippen molar-refractivity contribution in [2.45, 2.75) is 0 Å². The van der Waals surface area contributed by atoms with Crippen molar-refractivity contribution in [3.05, 3.63) is 63.7 Å². The van der Waals surface area contributed by atoms with Crippen molar-refractivity contribution in [1.29, 1.82) is 0 Å². The van der Waals surface area contributed by atoms with E-state index in [1.54, 1.807) is 6.07 Å². The van der Waals surface area contributed by atoms with E-state index in [0.717, 1.165) is 0 Å². The van der Waals surface area contributed by atoms with Gasteiger partial charge in [0, 0.05) is 22.1 Å². The number of carboxylic acids is 1. The third-order valence-corrected chi connectivity index (χ3v) is 9.52. The highest BCUT2D eigenvalue weighted by atomic mass is 127. The van der Waals surface area contributed by atoms with Crippen molar-refractivity contribution in [1.82, 2.24) is 0 Å². The minimum absolute atomic E-state index is 0.0160. The smallest absolute Gasteiger partial charge is 0.337 e. The molecule has 4 rings (SSSR count). The van der Waals surface area contributed by atoms with Gasteiger partial charge >= 0.3 is 5.97 Å². The summed E-state index contributed by atoms with van der Waals surface area (Å²) in [6, 6.07) is 3.10. The van der Waals surface area contributed by atoms with Gasteiger partial charge in [-0.25, -0.2) is 4.79 Å². The largest absolute Gasteiger partial charge is 0.506 e. The summed E-state index contributed by atoms with van der Waals surface area (Å²) in [5.74, 6) is -1.47. The van der Waals surface area contributed by atoms with Crippen LogP contribution in [-0.4, -0.2) is 16.2 Å². The minimum atomic E-state index is -1.40. The topological polar surface area (TPSA) is 87.7 Å². The molecule has 0 spiro atoms. The Bertz CT molecular complexity index is 1570. The van der Waals surface area contributed by atoms with E-state index in [1.165, 1.54) is 6.07 Å². The Labute approximate surface area is 251 Å². The van der Waals surface area contributed by atoms with Gasteiger partial charge in [0.25, 0.3) is 0 Å². The maximum atomic E-state index is 12.5. The summed E-state index contributed by atoms with van der Waals surface area (Å²) in [4.78, 5) is 24.8. The van der Waals surface area contributed by atoms with Gasteiger partial charge in [-0.15, -0.1) is 0 Å². The van der Waals surface area contributed by atoms with E-state index in [2.05, 4.69) is 0 Å². The molecule has 0 unspecified atom stereocenters. The van der Waals surface area contributed by atoms with Gasteiger partial charge in [-0.3, -0.25) is 4.79 Å². The molecule has 170 valence electrons. The van der Waals surface area contributed by atoms with Crippen LogP contribution in [0.1, 0.15) is 10.4 Å². The lowest BCUT2D eigenvalue weighted by molar-refractivity contribution is 0.0698. The summed E-state index contributed by atoms with van der Waals surface area (Å²) in [5.41, 5.74) is -0.178. The van der Waals surface area contributed by atoms with Crippen LogP contribution in [0.15, 0.2) is 21.3 Å². The third-order valence-electron chi connectivity index (χ3n) is 4.75. The summed E-state index contributed by atoms with van der Waals surface area (Å²) < 4.78 is 7.02. The van der Waals surface area contributed by atoms with Crippen molar-refractivity contribution >= 4 is 143 Å². The number of halogens is 8. The molecule has 13 heteroatoms. The monoisotopic (exact) mass is 880 g/mol. The van der Waals surface area contributed by atoms with E-state index in [1.807, 2.05) is 67.8 Å². The number of aromatic hydroxyl groups is 1. The molecule has 2 aliphatic rings. The van der Waals surface area contributed by atoms with Crippen LogP contribution in [-0.2, 0) is 0 Å². The fraction of sp³-hybridized carbons (Fsp3) is 0. The molecule has 2 aromatic rings. The van der Waals surface area contributed by atoms with Gasteiger partial charge in [-0.05, 0) is 79.9 Å². The summed E-state index contributed by atoms with van der Waals surface area (Å²) in [7, 11) is 0. The number of hydrogen-bond donors (Lipinski definition) is 2. The molecule has 5 nitrogen and oxygen atoms in total. The lowest BCUT2D eigenvalue weighted by atomic mass is 9.90. The Morgan fingerprint density at radius 3 is 2.06 bits per heavy atom. The molecular formula is C20H4Cl5I3O5. The number of phenols is 1. The first kappa shape index (κ1) is 26.1. The number of phenolic OH excluding ortho intramolecular Hbond substituents is 1. The van der Waals surface area contributed by atoms with Crippen molar-refractivity contribution in [2.75, 3.05) is 0 Å². The average Bonchev–Trinajstić information content (AvgIpc) is 2.76. The zero-order chi connectivity index (χ0) is 24.5. The van der Waals surface area contributed by atoms with Gasteiger partial charge in [0.2, 0.25) is 5.43 Å². The standard InChI is InChI=1S/C20H4Cl5I3O5/c21-10-8(9(20(31)32)11(22)13(24)12(10)23)7-3-1-5(26)16(29)14(25)18(3)33-19-4(7)2-6(27)17(30)15(19)28/h1-2,30H,(H,31,32). The Hall–Kier alpha value is 0.0400. The van der Waals surface area contributed by atoms with Gasteiger partial charge in [-0.2, -0.15) is 0 Å². The molecule has 1 aliphatic heterocycles. The second-order valence-electron chi connectivity index (χ2n) is 6.56. The molecule has 1 heterocycles. The number of carboxylic acid groups (broad SMARTS) is 1. The Kier molecular flexibility index (Phi) is 7.51. The normalized spacial score (nSPS) is 11.5. The highest BCUT2D eigenvalue weighted by molar-refractivity contribution is 14.1. The summed E-state index contributed by atoms with van der Waals surface area (Å²) in [6.07, 6.45) is 0. The molecular weight excluding hydrogens is 878 g/mol. The Balaban J connectivity index is 2.43. The van der Waals surface area contributed by atoms with E-state index in [-0.39, 0.29) is 62.5 Å². The number of fused-ring (bicyclic) bond motifs is 2. The van der Waals surface area contributed by atoms with E-state index in [4.69, 9.17) is 62.4 Å². The molecule has 2 N–H and O–H groups in total. The molecule has 0 saturated carbocycles. The van der Waals surface area contributed by atoms with E-state index >= 15 is 0 Å². The molecule has 0 radical (unpaired) electrons. The molecule has 2 aromatic carbocycles. The van der Waals surface area contributed by atoms with Crippen LogP contribution in [0.4, 0.5) is 0 Å². The number of benzene rings is 3. The first-order valence-electron chi connectivity index (χ1n) is 8.43. The van der Waals surface area contributed by atoms with Crippen LogP contribution in [0, 0.1) is 10.7 Å². The van der Waals surface area contributed by atoms with Crippen molar-refractivity contribution in [3.8, 4) is 28.2 Å². The Morgan fingerprint density at radius 2 is 1.45 bits per heavy atom. The molecule has 0 saturated heterocycles. The number of rotatable bonds is 2. The summed E-state index contributed by atoms with van der Waals surface area (Å²) in [5, 5.41) is 19.8. The number of hydrogen-bond acceptors (Lipinski definition) is 4. The second kappa shape index (κ2) is 9.49. The van der Waals surface area contributed by atoms with E-state index in [9.17, 15) is 19.8 Å². The van der Waals surface area contributed by atoms with Crippen LogP contribution in [0.5, 0.6) is 5.75 Å². The molecule has 0 aromatic heterocycles. The number of aromatic carboxylic acids is 1. The third kappa shape index (κ3) is 4.09. The van der Waals surface area contributed by atoms with Crippen LogP contribution in [0.3, 0.4) is 0 Å². The van der Waals surface area contributed by atoms with Gasteiger partial charge < -0.3 is 14.6 Å². The molecule has 0 bridgehead atoms. The van der Waals surface area contributed by atoms with Crippen molar-refractivity contribution in [3.63, 3.8) is 0 Å². The van der Waals surface area contributed by atoms with E-state index in [0.29, 0.717) is 18.1 Å². The maximum Gasteiger partial charge on any atom is 0.337 e. The predicted molar refractivity (Wildman–Crippen MR) is 156 cm³/mol.